The van der Waals surface area contributed by atoms with E-state index in [4.69, 9.17) is 0 Å². The zero-order valence-electron chi connectivity index (χ0n) is 10.9. The minimum Gasteiger partial charge on any atom is -0.317 e. The third kappa shape index (κ3) is 4.33. The van der Waals surface area contributed by atoms with Crippen LogP contribution in [0.2, 0.25) is 0 Å². The van der Waals surface area contributed by atoms with Crippen LogP contribution in [0.25, 0.3) is 10.6 Å². The summed E-state index contributed by atoms with van der Waals surface area (Å²) < 4.78 is 13.1. The fourth-order valence-corrected chi connectivity index (χ4v) is 2.53. The maximum atomic E-state index is 13.1. The molecule has 2 aromatic rings. The van der Waals surface area contributed by atoms with Crippen molar-refractivity contribution in [3.63, 3.8) is 0 Å². The van der Waals surface area contributed by atoms with Crippen LogP contribution in [0.3, 0.4) is 0 Å². The van der Waals surface area contributed by atoms with Gasteiger partial charge in [0, 0.05) is 18.2 Å². The molecule has 19 heavy (non-hydrogen) atoms. The summed E-state index contributed by atoms with van der Waals surface area (Å²) in [5.74, 6) is -0.349. The summed E-state index contributed by atoms with van der Waals surface area (Å²) in [7, 11) is 0. The van der Waals surface area contributed by atoms with Crippen LogP contribution in [0, 0.1) is 5.82 Å². The number of nitrogens with one attached hydrogen (secondary N) is 1. The highest BCUT2D eigenvalue weighted by atomic mass is 32.1. The zero-order valence-corrected chi connectivity index (χ0v) is 11.7. The minimum absolute atomic E-state index is 0.349. The summed E-state index contributed by atoms with van der Waals surface area (Å²) in [4.78, 5) is 3.82. The first-order valence-corrected chi connectivity index (χ1v) is 7.25. The molecular weight excluding hydrogens is 263 g/mol. The van der Waals surface area contributed by atoms with Crippen LogP contribution >= 0.6 is 11.3 Å². The molecule has 0 saturated carbocycles. The molecule has 0 aliphatic rings. The molecule has 102 valence electrons. The van der Waals surface area contributed by atoms with Gasteiger partial charge in [-0.05, 0) is 32.0 Å². The summed E-state index contributed by atoms with van der Waals surface area (Å²) in [6.45, 7) is 4.19. The number of hydrogen-bond donors (Lipinski definition) is 1. The highest BCUT2D eigenvalue weighted by Crippen LogP contribution is 2.23. The van der Waals surface area contributed by atoms with Crippen molar-refractivity contribution in [2.75, 3.05) is 13.1 Å². The van der Waals surface area contributed by atoms with Gasteiger partial charge in [0.25, 0.3) is 0 Å². The Morgan fingerprint density at radius 2 is 2.16 bits per heavy atom. The predicted molar refractivity (Wildman–Crippen MR) is 74.6 cm³/mol. The normalized spacial score (nSPS) is 10.8. The van der Waals surface area contributed by atoms with Crippen molar-refractivity contribution in [3.8, 4) is 10.6 Å². The van der Waals surface area contributed by atoms with E-state index in [1.807, 2.05) is 0 Å². The topological polar surface area (TPSA) is 50.7 Å². The third-order valence-electron chi connectivity index (χ3n) is 2.59. The van der Waals surface area contributed by atoms with Gasteiger partial charge in [0.05, 0.1) is 6.20 Å². The van der Waals surface area contributed by atoms with Crippen LogP contribution in [-0.2, 0) is 6.42 Å². The van der Waals surface area contributed by atoms with E-state index in [-0.39, 0.29) is 5.82 Å². The number of rotatable bonds is 7. The quantitative estimate of drug-likeness (QED) is 0.792. The van der Waals surface area contributed by atoms with E-state index >= 15 is 0 Å². The molecule has 0 bridgehead atoms. The Balaban J connectivity index is 1.88. The third-order valence-corrected chi connectivity index (χ3v) is 3.62. The summed E-state index contributed by atoms with van der Waals surface area (Å²) in [5, 5.41) is 13.3. The van der Waals surface area contributed by atoms with Gasteiger partial charge in [-0.1, -0.05) is 18.3 Å². The maximum Gasteiger partial charge on any atom is 0.149 e. The van der Waals surface area contributed by atoms with E-state index in [9.17, 15) is 4.39 Å². The molecule has 0 aromatic carbocycles. The molecule has 0 radical (unpaired) electrons. The predicted octanol–water partition coefficient (Wildman–Crippen LogP) is 2.67. The van der Waals surface area contributed by atoms with Crippen molar-refractivity contribution < 1.29 is 4.39 Å². The van der Waals surface area contributed by atoms with Crippen LogP contribution in [0.5, 0.6) is 0 Å². The average molecular weight is 280 g/mol. The SMILES string of the molecule is CCCNCCCc1nnc(-c2cncc(F)c2)s1. The average Bonchev–Trinajstić information content (AvgIpc) is 2.87. The molecule has 0 atom stereocenters. The second kappa shape index (κ2) is 7.25. The number of aromatic nitrogens is 3. The fraction of sp³-hybridized carbons (Fsp3) is 0.462. The van der Waals surface area contributed by atoms with Crippen molar-refractivity contribution in [2.45, 2.75) is 26.2 Å². The van der Waals surface area contributed by atoms with Crippen LogP contribution in [0.15, 0.2) is 18.5 Å². The Morgan fingerprint density at radius 3 is 2.95 bits per heavy atom. The summed E-state index contributed by atoms with van der Waals surface area (Å²) in [6, 6.07) is 1.43. The highest BCUT2D eigenvalue weighted by Gasteiger charge is 2.07. The zero-order chi connectivity index (χ0) is 13.5. The molecule has 0 aliphatic heterocycles. The van der Waals surface area contributed by atoms with Gasteiger partial charge in [0.1, 0.15) is 15.8 Å². The first kappa shape index (κ1) is 14.0. The van der Waals surface area contributed by atoms with Crippen molar-refractivity contribution in [2.24, 2.45) is 0 Å². The standard InChI is InChI=1S/C13H17FN4S/c1-2-5-15-6-3-4-12-17-18-13(19-12)10-7-11(14)9-16-8-10/h7-9,15H,2-6H2,1H3. The summed E-state index contributed by atoms with van der Waals surface area (Å²) in [5.41, 5.74) is 0.688. The first-order valence-electron chi connectivity index (χ1n) is 6.43. The highest BCUT2D eigenvalue weighted by molar-refractivity contribution is 7.14. The summed E-state index contributed by atoms with van der Waals surface area (Å²) in [6.07, 6.45) is 5.88. The van der Waals surface area contributed by atoms with Gasteiger partial charge in [-0.3, -0.25) is 4.98 Å². The Labute approximate surface area is 116 Å². The molecule has 2 heterocycles. The fourth-order valence-electron chi connectivity index (χ4n) is 1.67. The Morgan fingerprint density at radius 1 is 1.26 bits per heavy atom. The lowest BCUT2D eigenvalue weighted by molar-refractivity contribution is 0.622. The Kier molecular flexibility index (Phi) is 5.35. The van der Waals surface area contributed by atoms with Crippen molar-refractivity contribution >= 4 is 11.3 Å². The van der Waals surface area contributed by atoms with Crippen molar-refractivity contribution in [1.29, 1.82) is 0 Å². The van der Waals surface area contributed by atoms with E-state index in [2.05, 4.69) is 27.4 Å². The first-order chi connectivity index (χ1) is 9.29. The molecule has 2 aromatic heterocycles. The number of pyridine rings is 1. The van der Waals surface area contributed by atoms with Crippen LogP contribution < -0.4 is 5.32 Å². The minimum atomic E-state index is -0.349. The lowest BCUT2D eigenvalue weighted by atomic mass is 10.3. The maximum absolute atomic E-state index is 13.1. The molecule has 6 heteroatoms. The van der Waals surface area contributed by atoms with E-state index in [1.54, 1.807) is 6.20 Å². The molecular formula is C13H17FN4S. The van der Waals surface area contributed by atoms with Gasteiger partial charge in [0.2, 0.25) is 0 Å². The van der Waals surface area contributed by atoms with Crippen molar-refractivity contribution in [3.05, 3.63) is 29.3 Å². The van der Waals surface area contributed by atoms with Gasteiger partial charge in [-0.25, -0.2) is 4.39 Å². The number of halogens is 1. The van der Waals surface area contributed by atoms with Crippen molar-refractivity contribution in [1.82, 2.24) is 20.5 Å². The Bertz CT molecular complexity index is 515. The molecule has 1 N–H and O–H groups in total. The van der Waals surface area contributed by atoms with Gasteiger partial charge < -0.3 is 5.32 Å². The second-order valence-electron chi connectivity index (χ2n) is 4.25. The van der Waals surface area contributed by atoms with Gasteiger partial charge >= 0.3 is 0 Å². The van der Waals surface area contributed by atoms with Gasteiger partial charge in [0.15, 0.2) is 0 Å². The van der Waals surface area contributed by atoms with Gasteiger partial charge in [-0.2, -0.15) is 0 Å². The molecule has 2 rings (SSSR count). The van der Waals surface area contributed by atoms with E-state index in [0.29, 0.717) is 5.56 Å². The second-order valence-corrected chi connectivity index (χ2v) is 5.31. The van der Waals surface area contributed by atoms with Gasteiger partial charge in [-0.15, -0.1) is 10.2 Å². The largest absolute Gasteiger partial charge is 0.317 e. The number of nitrogens with zero attached hydrogens (tertiary/aromatic N) is 3. The van der Waals surface area contributed by atoms with E-state index in [0.717, 1.165) is 42.4 Å². The number of aryl methyl sites for hydroxylation is 1. The lowest BCUT2D eigenvalue weighted by Gasteiger charge is -1.99. The van der Waals surface area contributed by atoms with Crippen LogP contribution in [-0.4, -0.2) is 28.3 Å². The molecule has 4 nitrogen and oxygen atoms in total. The lowest BCUT2D eigenvalue weighted by Crippen LogP contribution is -2.16. The molecule has 0 spiro atoms. The number of hydrogen-bond acceptors (Lipinski definition) is 5. The Hall–Kier alpha value is -1.40. The van der Waals surface area contributed by atoms with Crippen LogP contribution in [0.4, 0.5) is 4.39 Å². The molecule has 0 aliphatic carbocycles. The molecule has 0 amide bonds. The molecule has 0 unspecified atom stereocenters. The van der Waals surface area contributed by atoms with E-state index in [1.165, 1.54) is 23.6 Å². The molecule has 0 fully saturated rings. The van der Waals surface area contributed by atoms with E-state index < -0.39 is 0 Å². The molecule has 0 saturated heterocycles. The van der Waals surface area contributed by atoms with Crippen LogP contribution in [0.1, 0.15) is 24.8 Å². The monoisotopic (exact) mass is 280 g/mol. The summed E-state index contributed by atoms with van der Waals surface area (Å²) >= 11 is 1.50. The smallest absolute Gasteiger partial charge is 0.149 e.